The number of nitrogens with zero attached hydrogens (tertiary/aromatic N) is 1. The molecule has 1 aliphatic heterocycles. The van der Waals surface area contributed by atoms with Crippen LogP contribution < -0.4 is 15.2 Å². The highest BCUT2D eigenvalue weighted by Crippen LogP contribution is 2.30. The Balaban J connectivity index is 2.20. The molecule has 0 bridgehead atoms. The zero-order valence-electron chi connectivity index (χ0n) is 15.1. The number of hydrogen-bond donors (Lipinski definition) is 1. The van der Waals surface area contributed by atoms with Gasteiger partial charge in [0.25, 0.3) is 5.91 Å². The van der Waals surface area contributed by atoms with E-state index in [2.05, 4.69) is 13.8 Å². The van der Waals surface area contributed by atoms with Gasteiger partial charge in [-0.3, -0.25) is 4.79 Å². The zero-order chi connectivity index (χ0) is 17.5. The lowest BCUT2D eigenvalue weighted by molar-refractivity contribution is 0.0573. The smallest absolute Gasteiger partial charge is 0.254 e. The second kappa shape index (κ2) is 8.92. The number of ether oxygens (including phenoxy) is 2. The highest BCUT2D eigenvalue weighted by atomic mass is 16.5. The summed E-state index contributed by atoms with van der Waals surface area (Å²) in [6, 6.07) is 5.56. The van der Waals surface area contributed by atoms with Crippen LogP contribution in [0.2, 0.25) is 0 Å². The van der Waals surface area contributed by atoms with Crippen molar-refractivity contribution >= 4 is 5.91 Å². The highest BCUT2D eigenvalue weighted by Gasteiger charge is 2.29. The first-order valence-corrected chi connectivity index (χ1v) is 9.01. The van der Waals surface area contributed by atoms with Crippen molar-refractivity contribution in [3.8, 4) is 11.5 Å². The lowest BCUT2D eigenvalue weighted by Crippen LogP contribution is -2.49. The summed E-state index contributed by atoms with van der Waals surface area (Å²) < 4.78 is 11.4. The zero-order valence-corrected chi connectivity index (χ0v) is 15.1. The molecule has 0 radical (unpaired) electrons. The molecule has 2 N–H and O–H groups in total. The van der Waals surface area contributed by atoms with Gasteiger partial charge in [0.1, 0.15) is 0 Å². The molecule has 1 aliphatic rings. The number of carbonyl (C=O) groups excluding carboxylic acids is 1. The van der Waals surface area contributed by atoms with E-state index in [1.165, 1.54) is 0 Å². The maximum absolute atomic E-state index is 12.9. The van der Waals surface area contributed by atoms with Crippen molar-refractivity contribution in [3.05, 3.63) is 23.8 Å². The van der Waals surface area contributed by atoms with E-state index in [-0.39, 0.29) is 11.9 Å². The van der Waals surface area contributed by atoms with Crippen LogP contribution in [-0.4, -0.2) is 43.2 Å². The van der Waals surface area contributed by atoms with Gasteiger partial charge in [-0.15, -0.1) is 0 Å². The maximum atomic E-state index is 12.9. The molecule has 0 spiro atoms. The second-order valence-electron chi connectivity index (χ2n) is 6.46. The van der Waals surface area contributed by atoms with E-state index >= 15 is 0 Å². The molecule has 5 nitrogen and oxygen atoms in total. The van der Waals surface area contributed by atoms with E-state index in [1.54, 1.807) is 6.07 Å². The minimum Gasteiger partial charge on any atom is -0.490 e. The minimum atomic E-state index is 0.0281. The molecular weight excluding hydrogens is 304 g/mol. The van der Waals surface area contributed by atoms with Gasteiger partial charge < -0.3 is 20.1 Å². The molecule has 0 aromatic heterocycles. The van der Waals surface area contributed by atoms with Crippen LogP contribution in [0.3, 0.4) is 0 Å². The Morgan fingerprint density at radius 3 is 2.75 bits per heavy atom. The van der Waals surface area contributed by atoms with Crippen LogP contribution in [0.15, 0.2) is 18.2 Å². The van der Waals surface area contributed by atoms with Crippen LogP contribution in [0.25, 0.3) is 0 Å². The lowest BCUT2D eigenvalue weighted by Gasteiger charge is -2.38. The van der Waals surface area contributed by atoms with Crippen molar-refractivity contribution in [3.63, 3.8) is 0 Å². The van der Waals surface area contributed by atoms with Gasteiger partial charge in [-0.25, -0.2) is 0 Å². The number of benzene rings is 1. The Kier molecular flexibility index (Phi) is 6.91. The molecule has 2 rings (SSSR count). The molecule has 1 saturated heterocycles. The molecular formula is C19H30N2O3. The molecule has 134 valence electrons. The van der Waals surface area contributed by atoms with Gasteiger partial charge in [-0.1, -0.05) is 13.8 Å². The van der Waals surface area contributed by atoms with Crippen LogP contribution >= 0.6 is 0 Å². The fraction of sp³-hybridized carbons (Fsp3) is 0.632. The van der Waals surface area contributed by atoms with Crippen LogP contribution in [-0.2, 0) is 0 Å². The predicted octanol–water partition coefficient (Wildman–Crippen LogP) is 3.07. The Morgan fingerprint density at radius 1 is 1.29 bits per heavy atom. The van der Waals surface area contributed by atoms with E-state index in [1.807, 2.05) is 24.0 Å². The maximum Gasteiger partial charge on any atom is 0.254 e. The molecule has 0 saturated carbocycles. The number of piperidine rings is 1. The summed E-state index contributed by atoms with van der Waals surface area (Å²) in [5, 5.41) is 0. The third-order valence-electron chi connectivity index (χ3n) is 4.46. The molecule has 1 aromatic carbocycles. The molecule has 1 fully saturated rings. The molecule has 2 atom stereocenters. The quantitative estimate of drug-likeness (QED) is 0.832. The minimum absolute atomic E-state index is 0.0281. The Morgan fingerprint density at radius 2 is 2.08 bits per heavy atom. The fourth-order valence-corrected chi connectivity index (χ4v) is 3.15. The first-order valence-electron chi connectivity index (χ1n) is 9.01. The van der Waals surface area contributed by atoms with Gasteiger partial charge in [-0.2, -0.15) is 0 Å². The SMILES string of the molecule is CCCOc1ccc(C(=O)N2CCC(C)CC2CN)cc1OCC. The third-order valence-corrected chi connectivity index (χ3v) is 4.46. The van der Waals surface area contributed by atoms with Gasteiger partial charge in [-0.05, 0) is 50.3 Å². The number of nitrogens with two attached hydrogens (primary N) is 1. The number of likely N-dealkylation sites (tertiary alicyclic amines) is 1. The first kappa shape index (κ1) is 18.6. The largest absolute Gasteiger partial charge is 0.490 e. The van der Waals surface area contributed by atoms with Gasteiger partial charge in [0, 0.05) is 24.7 Å². The average molecular weight is 334 g/mol. The lowest BCUT2D eigenvalue weighted by atomic mass is 9.92. The average Bonchev–Trinajstić information content (AvgIpc) is 2.60. The Bertz CT molecular complexity index is 547. The molecule has 1 heterocycles. The van der Waals surface area contributed by atoms with Crippen LogP contribution in [0.1, 0.15) is 50.4 Å². The van der Waals surface area contributed by atoms with Crippen molar-refractivity contribution in [1.29, 1.82) is 0 Å². The normalized spacial score (nSPS) is 20.8. The molecule has 1 amide bonds. The van der Waals surface area contributed by atoms with E-state index in [4.69, 9.17) is 15.2 Å². The standard InChI is InChI=1S/C19H30N2O3/c1-4-10-24-17-7-6-15(12-18(17)23-5-2)19(22)21-9-8-14(3)11-16(21)13-20/h6-7,12,14,16H,4-5,8-11,13,20H2,1-3H3. The number of amides is 1. The van der Waals surface area contributed by atoms with Crippen molar-refractivity contribution < 1.29 is 14.3 Å². The number of rotatable bonds is 7. The van der Waals surface area contributed by atoms with Gasteiger partial charge in [0.15, 0.2) is 11.5 Å². The van der Waals surface area contributed by atoms with Crippen molar-refractivity contribution in [2.75, 3.05) is 26.3 Å². The number of hydrogen-bond acceptors (Lipinski definition) is 4. The molecule has 0 aliphatic carbocycles. The highest BCUT2D eigenvalue weighted by molar-refractivity contribution is 5.95. The molecule has 5 heteroatoms. The second-order valence-corrected chi connectivity index (χ2v) is 6.46. The van der Waals surface area contributed by atoms with Crippen LogP contribution in [0.4, 0.5) is 0 Å². The van der Waals surface area contributed by atoms with Crippen molar-refractivity contribution in [2.45, 2.75) is 46.1 Å². The molecule has 1 aromatic rings. The summed E-state index contributed by atoms with van der Waals surface area (Å²) in [5.41, 5.74) is 6.52. The van der Waals surface area contributed by atoms with Crippen LogP contribution in [0.5, 0.6) is 11.5 Å². The van der Waals surface area contributed by atoms with Crippen molar-refractivity contribution in [2.24, 2.45) is 11.7 Å². The summed E-state index contributed by atoms with van der Waals surface area (Å²) in [6.45, 7) is 8.64. The van der Waals surface area contributed by atoms with Gasteiger partial charge in [0.2, 0.25) is 0 Å². The molecule has 2 unspecified atom stereocenters. The van der Waals surface area contributed by atoms with E-state index in [0.29, 0.717) is 42.7 Å². The summed E-state index contributed by atoms with van der Waals surface area (Å²) in [7, 11) is 0. The summed E-state index contributed by atoms with van der Waals surface area (Å²) >= 11 is 0. The Hall–Kier alpha value is -1.75. The van der Waals surface area contributed by atoms with E-state index in [0.717, 1.165) is 25.8 Å². The topological polar surface area (TPSA) is 64.8 Å². The molecule has 24 heavy (non-hydrogen) atoms. The summed E-state index contributed by atoms with van der Waals surface area (Å²) in [5.74, 6) is 1.97. The first-order chi connectivity index (χ1) is 11.6. The third kappa shape index (κ3) is 4.41. The van der Waals surface area contributed by atoms with E-state index in [9.17, 15) is 4.79 Å². The van der Waals surface area contributed by atoms with E-state index < -0.39 is 0 Å². The number of carbonyl (C=O) groups is 1. The predicted molar refractivity (Wildman–Crippen MR) is 95.7 cm³/mol. The van der Waals surface area contributed by atoms with Crippen molar-refractivity contribution in [1.82, 2.24) is 4.90 Å². The van der Waals surface area contributed by atoms with Gasteiger partial charge >= 0.3 is 0 Å². The summed E-state index contributed by atoms with van der Waals surface area (Å²) in [4.78, 5) is 14.8. The van der Waals surface area contributed by atoms with Gasteiger partial charge in [0.05, 0.1) is 13.2 Å². The summed E-state index contributed by atoms with van der Waals surface area (Å²) in [6.07, 6.45) is 2.92. The Labute approximate surface area is 145 Å². The van der Waals surface area contributed by atoms with Crippen LogP contribution in [0, 0.1) is 5.92 Å². The monoisotopic (exact) mass is 334 g/mol. The fourth-order valence-electron chi connectivity index (χ4n) is 3.15.